The highest BCUT2D eigenvalue weighted by atomic mass is 16.4. The molecule has 0 saturated carbocycles. The highest BCUT2D eigenvalue weighted by molar-refractivity contribution is 5.90. The molecule has 134 valence electrons. The molecule has 0 spiro atoms. The Bertz CT molecular complexity index is 914. The van der Waals surface area contributed by atoms with Crippen LogP contribution in [0.1, 0.15) is 28.2 Å². The molecule has 8 heteroatoms. The van der Waals surface area contributed by atoms with Crippen LogP contribution in [0.3, 0.4) is 0 Å². The summed E-state index contributed by atoms with van der Waals surface area (Å²) in [4.78, 5) is 23.2. The third kappa shape index (κ3) is 4.15. The molecule has 0 aliphatic heterocycles. The third-order valence-corrected chi connectivity index (χ3v) is 3.91. The molecule has 0 fully saturated rings. The van der Waals surface area contributed by atoms with Crippen molar-refractivity contribution in [3.05, 3.63) is 65.6 Å². The summed E-state index contributed by atoms with van der Waals surface area (Å²) in [6.07, 6.45) is 1.50. The van der Waals surface area contributed by atoms with E-state index in [4.69, 9.17) is 5.11 Å². The average Bonchev–Trinajstić information content (AvgIpc) is 3.21. The van der Waals surface area contributed by atoms with Crippen LogP contribution in [0, 0.1) is 6.92 Å². The van der Waals surface area contributed by atoms with Crippen LogP contribution in [0.5, 0.6) is 0 Å². The van der Waals surface area contributed by atoms with Gasteiger partial charge in [0, 0.05) is 24.4 Å². The molecular formula is C18H19N5O3. The van der Waals surface area contributed by atoms with Crippen molar-refractivity contribution >= 4 is 17.7 Å². The van der Waals surface area contributed by atoms with Crippen molar-refractivity contribution in [2.75, 3.05) is 5.32 Å². The average molecular weight is 353 g/mol. The lowest BCUT2D eigenvalue weighted by Crippen LogP contribution is -2.17. The molecule has 0 aliphatic carbocycles. The van der Waals surface area contributed by atoms with E-state index in [1.54, 1.807) is 6.07 Å². The predicted molar refractivity (Wildman–Crippen MR) is 94.9 cm³/mol. The summed E-state index contributed by atoms with van der Waals surface area (Å²) in [7, 11) is 0. The van der Waals surface area contributed by atoms with Gasteiger partial charge in [-0.3, -0.25) is 14.2 Å². The first kappa shape index (κ1) is 17.4. The molecule has 26 heavy (non-hydrogen) atoms. The summed E-state index contributed by atoms with van der Waals surface area (Å²) in [5.74, 6) is -0.846. The number of hydrogen-bond acceptors (Lipinski definition) is 4. The molecule has 3 rings (SSSR count). The molecule has 1 amide bonds. The van der Waals surface area contributed by atoms with Crippen molar-refractivity contribution in [3.8, 4) is 0 Å². The number of amides is 1. The minimum atomic E-state index is -1.07. The number of nitrogens with one attached hydrogen (secondary N) is 1. The Morgan fingerprint density at radius 3 is 2.65 bits per heavy atom. The molecule has 2 heterocycles. The Labute approximate surface area is 150 Å². The van der Waals surface area contributed by atoms with Gasteiger partial charge >= 0.3 is 5.97 Å². The topological polar surface area (TPSA) is 102 Å². The van der Waals surface area contributed by atoms with Crippen molar-refractivity contribution in [1.82, 2.24) is 19.6 Å². The molecule has 2 aromatic heterocycles. The number of anilines is 1. The zero-order valence-corrected chi connectivity index (χ0v) is 14.3. The number of carboxylic acids is 1. The highest BCUT2D eigenvalue weighted by Gasteiger charge is 2.13. The second kappa shape index (κ2) is 7.64. The molecule has 2 N–H and O–H groups in total. The Kier molecular flexibility index (Phi) is 5.12. The summed E-state index contributed by atoms with van der Waals surface area (Å²) < 4.78 is 3.11. The Hall–Kier alpha value is -3.42. The molecule has 0 aliphatic rings. The SMILES string of the molecule is Cc1cc(NC(=O)CCn2nccc2C(=O)O)nn1Cc1ccccc1. The van der Waals surface area contributed by atoms with Crippen molar-refractivity contribution in [3.63, 3.8) is 0 Å². The summed E-state index contributed by atoms with van der Waals surface area (Å²) >= 11 is 0. The number of carbonyl (C=O) groups excluding carboxylic acids is 1. The van der Waals surface area contributed by atoms with Gasteiger partial charge in [0.1, 0.15) is 5.69 Å². The maximum absolute atomic E-state index is 12.1. The molecule has 0 bridgehead atoms. The van der Waals surface area contributed by atoms with Crippen LogP contribution in [0.4, 0.5) is 5.82 Å². The molecule has 0 radical (unpaired) electrons. The number of aromatic nitrogens is 4. The van der Waals surface area contributed by atoms with Crippen molar-refractivity contribution in [2.45, 2.75) is 26.4 Å². The summed E-state index contributed by atoms with van der Waals surface area (Å²) in [6.45, 7) is 2.73. The number of aryl methyl sites for hydroxylation is 2. The van der Waals surface area contributed by atoms with Gasteiger partial charge in [-0.1, -0.05) is 30.3 Å². The van der Waals surface area contributed by atoms with Crippen LogP contribution in [0.25, 0.3) is 0 Å². The highest BCUT2D eigenvalue weighted by Crippen LogP contribution is 2.12. The first-order valence-corrected chi connectivity index (χ1v) is 8.16. The van der Waals surface area contributed by atoms with E-state index in [-0.39, 0.29) is 24.6 Å². The zero-order chi connectivity index (χ0) is 18.5. The molecule has 0 saturated heterocycles. The van der Waals surface area contributed by atoms with Gasteiger partial charge in [-0.25, -0.2) is 4.79 Å². The van der Waals surface area contributed by atoms with E-state index in [0.717, 1.165) is 11.3 Å². The van der Waals surface area contributed by atoms with Gasteiger partial charge in [0.15, 0.2) is 5.82 Å². The Morgan fingerprint density at radius 1 is 1.15 bits per heavy atom. The lowest BCUT2D eigenvalue weighted by Gasteiger charge is -2.05. The van der Waals surface area contributed by atoms with Gasteiger partial charge in [0.2, 0.25) is 5.91 Å². The first-order valence-electron chi connectivity index (χ1n) is 8.16. The minimum Gasteiger partial charge on any atom is -0.477 e. The van der Waals surface area contributed by atoms with Gasteiger partial charge in [-0.2, -0.15) is 10.2 Å². The number of nitrogens with zero attached hydrogens (tertiary/aromatic N) is 4. The van der Waals surface area contributed by atoms with Gasteiger partial charge in [0.25, 0.3) is 0 Å². The number of aromatic carboxylic acids is 1. The summed E-state index contributed by atoms with van der Waals surface area (Å²) in [5, 5.41) is 20.1. The van der Waals surface area contributed by atoms with Crippen LogP contribution in [-0.4, -0.2) is 36.5 Å². The van der Waals surface area contributed by atoms with E-state index in [1.807, 2.05) is 41.9 Å². The molecule has 0 unspecified atom stereocenters. The van der Waals surface area contributed by atoms with Gasteiger partial charge in [-0.15, -0.1) is 0 Å². The van der Waals surface area contributed by atoms with E-state index >= 15 is 0 Å². The second-order valence-corrected chi connectivity index (χ2v) is 5.86. The fourth-order valence-electron chi connectivity index (χ4n) is 2.59. The van der Waals surface area contributed by atoms with Crippen LogP contribution in [-0.2, 0) is 17.9 Å². The number of carboxylic acid groups (broad SMARTS) is 1. The van der Waals surface area contributed by atoms with Crippen LogP contribution >= 0.6 is 0 Å². The van der Waals surface area contributed by atoms with Crippen LogP contribution in [0.2, 0.25) is 0 Å². The maximum atomic E-state index is 12.1. The zero-order valence-electron chi connectivity index (χ0n) is 14.3. The molecule has 0 atom stereocenters. The van der Waals surface area contributed by atoms with Crippen molar-refractivity contribution < 1.29 is 14.7 Å². The summed E-state index contributed by atoms with van der Waals surface area (Å²) in [5.41, 5.74) is 2.11. The first-order chi connectivity index (χ1) is 12.5. The van der Waals surface area contributed by atoms with Crippen LogP contribution < -0.4 is 5.32 Å². The Morgan fingerprint density at radius 2 is 1.92 bits per heavy atom. The van der Waals surface area contributed by atoms with E-state index in [0.29, 0.717) is 12.4 Å². The maximum Gasteiger partial charge on any atom is 0.354 e. The number of benzene rings is 1. The second-order valence-electron chi connectivity index (χ2n) is 5.86. The third-order valence-electron chi connectivity index (χ3n) is 3.91. The standard InChI is InChI=1S/C18H19N5O3/c1-13-11-16(21-23(13)12-14-5-3-2-4-6-14)20-17(24)8-10-22-15(18(25)26)7-9-19-22/h2-7,9,11H,8,10,12H2,1H3,(H,25,26)(H,20,21,24). The quantitative estimate of drug-likeness (QED) is 0.678. The smallest absolute Gasteiger partial charge is 0.354 e. The summed E-state index contributed by atoms with van der Waals surface area (Å²) in [6, 6.07) is 13.1. The predicted octanol–water partition coefficient (Wildman–Crippen LogP) is 2.16. The van der Waals surface area contributed by atoms with Crippen LogP contribution in [0.15, 0.2) is 48.7 Å². The normalized spacial score (nSPS) is 10.7. The van der Waals surface area contributed by atoms with Crippen molar-refractivity contribution in [1.29, 1.82) is 0 Å². The molecular weight excluding hydrogens is 334 g/mol. The fourth-order valence-corrected chi connectivity index (χ4v) is 2.59. The van der Waals surface area contributed by atoms with Gasteiger partial charge in [-0.05, 0) is 18.6 Å². The lowest BCUT2D eigenvalue weighted by molar-refractivity contribution is -0.116. The number of rotatable bonds is 7. The molecule has 1 aromatic carbocycles. The lowest BCUT2D eigenvalue weighted by atomic mass is 10.2. The monoisotopic (exact) mass is 353 g/mol. The number of carbonyl (C=O) groups is 2. The largest absolute Gasteiger partial charge is 0.477 e. The number of hydrogen-bond donors (Lipinski definition) is 2. The van der Waals surface area contributed by atoms with Gasteiger partial charge in [0.05, 0.1) is 13.1 Å². The van der Waals surface area contributed by atoms with Gasteiger partial charge < -0.3 is 10.4 Å². The van der Waals surface area contributed by atoms with E-state index in [9.17, 15) is 9.59 Å². The minimum absolute atomic E-state index is 0.0563. The Balaban J connectivity index is 1.58. The van der Waals surface area contributed by atoms with E-state index < -0.39 is 5.97 Å². The fraction of sp³-hybridized carbons (Fsp3) is 0.222. The molecule has 8 nitrogen and oxygen atoms in total. The van der Waals surface area contributed by atoms with E-state index in [1.165, 1.54) is 16.9 Å². The molecule has 3 aromatic rings. The van der Waals surface area contributed by atoms with E-state index in [2.05, 4.69) is 15.5 Å². The van der Waals surface area contributed by atoms with Crippen molar-refractivity contribution in [2.24, 2.45) is 0 Å².